The van der Waals surface area contributed by atoms with Gasteiger partial charge >= 0.3 is 0 Å². The molecule has 102 valence electrons. The molecular weight excluding hydrogens is 252 g/mol. The van der Waals surface area contributed by atoms with Gasteiger partial charge < -0.3 is 4.74 Å². The molecule has 6 heteroatoms. The minimum absolute atomic E-state index is 0.0525. The van der Waals surface area contributed by atoms with Crippen LogP contribution >= 0.6 is 11.6 Å². The quantitative estimate of drug-likeness (QED) is 0.651. The monoisotopic (exact) mass is 272 g/mol. The van der Waals surface area contributed by atoms with Crippen LogP contribution < -0.4 is 11.3 Å². The molecule has 0 saturated carbocycles. The molecule has 1 saturated heterocycles. The third-order valence-electron chi connectivity index (χ3n) is 3.39. The first-order valence-corrected chi connectivity index (χ1v) is 6.76. The van der Waals surface area contributed by atoms with Crippen LogP contribution in [-0.4, -0.2) is 22.0 Å². The minimum Gasteiger partial charge on any atom is -0.373 e. The Hall–Kier alpha value is -0.620. The van der Waals surface area contributed by atoms with Crippen LogP contribution in [0, 0.1) is 0 Å². The first-order valence-electron chi connectivity index (χ1n) is 6.39. The summed E-state index contributed by atoms with van der Waals surface area (Å²) in [5.74, 6) is 5.70. The van der Waals surface area contributed by atoms with E-state index in [-0.39, 0.29) is 24.3 Å². The molecule has 0 aliphatic carbocycles. The number of hydrogen-bond donors (Lipinski definition) is 2. The van der Waals surface area contributed by atoms with Crippen LogP contribution in [0.2, 0.25) is 5.02 Å². The zero-order valence-corrected chi connectivity index (χ0v) is 11.8. The van der Waals surface area contributed by atoms with E-state index in [0.29, 0.717) is 5.02 Å². The third kappa shape index (κ3) is 2.54. The summed E-state index contributed by atoms with van der Waals surface area (Å²) >= 11 is 6.24. The van der Waals surface area contributed by atoms with Gasteiger partial charge in [0.15, 0.2) is 0 Å². The Balaban J connectivity index is 2.29. The van der Waals surface area contributed by atoms with E-state index in [4.69, 9.17) is 22.2 Å². The van der Waals surface area contributed by atoms with Crippen molar-refractivity contribution >= 4 is 11.6 Å². The highest BCUT2D eigenvalue weighted by Crippen LogP contribution is 2.33. The molecule has 1 aromatic heterocycles. The fourth-order valence-corrected chi connectivity index (χ4v) is 2.74. The van der Waals surface area contributed by atoms with Gasteiger partial charge in [0.25, 0.3) is 0 Å². The lowest BCUT2D eigenvalue weighted by atomic mass is 10.0. The Bertz CT molecular complexity index is 407. The van der Waals surface area contributed by atoms with E-state index in [0.717, 1.165) is 18.5 Å². The van der Waals surface area contributed by atoms with Gasteiger partial charge in [0, 0.05) is 6.04 Å². The molecule has 1 aromatic rings. The molecule has 0 amide bonds. The highest BCUT2D eigenvalue weighted by atomic mass is 35.5. The second-order valence-corrected chi connectivity index (χ2v) is 5.53. The molecule has 0 radical (unpaired) electrons. The number of aromatic nitrogens is 2. The lowest BCUT2D eigenvalue weighted by molar-refractivity contribution is 0.0294. The molecule has 0 bridgehead atoms. The van der Waals surface area contributed by atoms with Crippen molar-refractivity contribution in [1.29, 1.82) is 0 Å². The number of halogens is 1. The maximum Gasteiger partial charge on any atom is 0.0905 e. The Labute approximate surface area is 113 Å². The van der Waals surface area contributed by atoms with Crippen molar-refractivity contribution in [1.82, 2.24) is 15.2 Å². The van der Waals surface area contributed by atoms with E-state index in [1.165, 1.54) is 0 Å². The van der Waals surface area contributed by atoms with Crippen LogP contribution in [0.3, 0.4) is 0 Å². The van der Waals surface area contributed by atoms with Crippen molar-refractivity contribution < 1.29 is 4.74 Å². The second kappa shape index (κ2) is 5.57. The zero-order chi connectivity index (χ0) is 13.3. The summed E-state index contributed by atoms with van der Waals surface area (Å²) in [6.45, 7) is 6.21. The lowest BCUT2D eigenvalue weighted by Gasteiger charge is -2.25. The van der Waals surface area contributed by atoms with Crippen LogP contribution in [0.25, 0.3) is 0 Å². The normalized spacial score (nSPS) is 25.9. The predicted octanol–water partition coefficient (Wildman–Crippen LogP) is 2.19. The number of nitrogens with two attached hydrogens (primary N) is 1. The smallest absolute Gasteiger partial charge is 0.0905 e. The maximum absolute atomic E-state index is 6.24. The molecule has 0 spiro atoms. The summed E-state index contributed by atoms with van der Waals surface area (Å²) in [5.41, 5.74) is 3.74. The maximum atomic E-state index is 6.24. The van der Waals surface area contributed by atoms with Crippen molar-refractivity contribution in [2.75, 3.05) is 0 Å². The molecule has 2 rings (SSSR count). The van der Waals surface area contributed by atoms with Crippen LogP contribution in [0.15, 0.2) is 6.20 Å². The molecular formula is C12H21ClN4O. The number of hydrazine groups is 1. The van der Waals surface area contributed by atoms with E-state index >= 15 is 0 Å². The number of rotatable bonds is 4. The van der Waals surface area contributed by atoms with Crippen LogP contribution in [0.1, 0.15) is 51.4 Å². The summed E-state index contributed by atoms with van der Waals surface area (Å²) < 4.78 is 7.79. The summed E-state index contributed by atoms with van der Waals surface area (Å²) in [6.07, 6.45) is 4.03. The fraction of sp³-hybridized carbons (Fsp3) is 0.750. The van der Waals surface area contributed by atoms with Gasteiger partial charge in [-0.1, -0.05) is 11.6 Å². The van der Waals surface area contributed by atoms with Gasteiger partial charge in [-0.2, -0.15) is 5.10 Å². The van der Waals surface area contributed by atoms with E-state index in [1.807, 2.05) is 4.68 Å². The average Bonchev–Trinajstić information content (AvgIpc) is 2.88. The molecule has 1 fully saturated rings. The standard InChI is InChI=1S/C12H21ClN4O/c1-7(2)17-12(9(13)6-15-17)11(16-14)10-5-4-8(3)18-10/h6-8,10-11,16H,4-5,14H2,1-3H3. The molecule has 1 aliphatic heterocycles. The largest absolute Gasteiger partial charge is 0.373 e. The number of hydrogen-bond acceptors (Lipinski definition) is 4. The number of nitrogens with one attached hydrogen (secondary N) is 1. The van der Waals surface area contributed by atoms with Crippen molar-refractivity contribution in [3.05, 3.63) is 16.9 Å². The SMILES string of the molecule is CC1CCC(C(NN)c2c(Cl)cnn2C(C)C)O1. The van der Waals surface area contributed by atoms with Gasteiger partial charge in [-0.05, 0) is 33.6 Å². The van der Waals surface area contributed by atoms with Crippen molar-refractivity contribution in [2.24, 2.45) is 5.84 Å². The minimum atomic E-state index is -0.118. The van der Waals surface area contributed by atoms with E-state index < -0.39 is 0 Å². The van der Waals surface area contributed by atoms with E-state index in [1.54, 1.807) is 6.20 Å². The van der Waals surface area contributed by atoms with Gasteiger partial charge in [0.05, 0.1) is 35.2 Å². The highest BCUT2D eigenvalue weighted by molar-refractivity contribution is 6.31. The molecule has 3 N–H and O–H groups in total. The zero-order valence-electron chi connectivity index (χ0n) is 11.1. The van der Waals surface area contributed by atoms with Crippen molar-refractivity contribution in [3.8, 4) is 0 Å². The molecule has 5 nitrogen and oxygen atoms in total. The molecule has 3 atom stereocenters. The van der Waals surface area contributed by atoms with Crippen molar-refractivity contribution in [3.63, 3.8) is 0 Å². The molecule has 18 heavy (non-hydrogen) atoms. The first kappa shape index (κ1) is 13.8. The van der Waals surface area contributed by atoms with Crippen LogP contribution in [-0.2, 0) is 4.74 Å². The molecule has 2 heterocycles. The lowest BCUT2D eigenvalue weighted by Crippen LogP contribution is -2.38. The van der Waals surface area contributed by atoms with Gasteiger partial charge in [-0.25, -0.2) is 5.43 Å². The van der Waals surface area contributed by atoms with Crippen LogP contribution in [0.4, 0.5) is 0 Å². The van der Waals surface area contributed by atoms with Gasteiger partial charge in [-0.15, -0.1) is 0 Å². The van der Waals surface area contributed by atoms with Gasteiger partial charge in [0.1, 0.15) is 0 Å². The van der Waals surface area contributed by atoms with Gasteiger partial charge in [0.2, 0.25) is 0 Å². The van der Waals surface area contributed by atoms with E-state index in [2.05, 4.69) is 31.3 Å². The topological polar surface area (TPSA) is 65.1 Å². The summed E-state index contributed by atoms with van der Waals surface area (Å²) in [4.78, 5) is 0. The van der Waals surface area contributed by atoms with Gasteiger partial charge in [-0.3, -0.25) is 10.5 Å². The Kier molecular flexibility index (Phi) is 4.27. The Morgan fingerprint density at radius 3 is 2.78 bits per heavy atom. The number of nitrogens with zero attached hydrogens (tertiary/aromatic N) is 2. The summed E-state index contributed by atoms with van der Waals surface area (Å²) in [7, 11) is 0. The highest BCUT2D eigenvalue weighted by Gasteiger charge is 2.33. The van der Waals surface area contributed by atoms with E-state index in [9.17, 15) is 0 Å². The Morgan fingerprint density at radius 2 is 2.28 bits per heavy atom. The summed E-state index contributed by atoms with van der Waals surface area (Å²) in [5, 5.41) is 4.94. The predicted molar refractivity (Wildman–Crippen MR) is 71.3 cm³/mol. The second-order valence-electron chi connectivity index (χ2n) is 5.12. The molecule has 1 aliphatic rings. The fourth-order valence-electron chi connectivity index (χ4n) is 2.49. The number of ether oxygens (including phenoxy) is 1. The Morgan fingerprint density at radius 1 is 1.56 bits per heavy atom. The van der Waals surface area contributed by atoms with Crippen LogP contribution in [0.5, 0.6) is 0 Å². The first-order chi connectivity index (χ1) is 8.54. The van der Waals surface area contributed by atoms with Crippen molar-refractivity contribution in [2.45, 2.75) is 57.9 Å². The molecule has 0 aromatic carbocycles. The third-order valence-corrected chi connectivity index (χ3v) is 3.68. The summed E-state index contributed by atoms with van der Waals surface area (Å²) in [6, 6.07) is 0.120. The molecule has 3 unspecified atom stereocenters. The average molecular weight is 273 g/mol.